The topological polar surface area (TPSA) is 93.4 Å². The maximum absolute atomic E-state index is 11.7. The smallest absolute Gasteiger partial charge is 0.175 e. The van der Waals surface area contributed by atoms with Gasteiger partial charge >= 0.3 is 0 Å². The molecule has 0 aliphatic carbocycles. The van der Waals surface area contributed by atoms with E-state index < -0.39 is 9.84 Å². The Balaban J connectivity index is 1.49. The van der Waals surface area contributed by atoms with Gasteiger partial charge < -0.3 is 9.64 Å². The Morgan fingerprint density at radius 2 is 1.74 bits per heavy atom. The number of para-hydroxylation sites is 1. The summed E-state index contributed by atoms with van der Waals surface area (Å²) in [7, 11) is -1.22. The van der Waals surface area contributed by atoms with E-state index >= 15 is 0 Å². The van der Waals surface area contributed by atoms with E-state index in [2.05, 4.69) is 49.6 Å². The first-order chi connectivity index (χ1) is 14.9. The second kappa shape index (κ2) is 9.13. The zero-order valence-electron chi connectivity index (χ0n) is 17.7. The van der Waals surface area contributed by atoms with Gasteiger partial charge in [-0.05, 0) is 53.4 Å². The normalized spacial score (nSPS) is 14.9. The van der Waals surface area contributed by atoms with Gasteiger partial charge in [0.05, 0.1) is 30.3 Å². The average Bonchev–Trinajstić information content (AvgIpc) is 3.22. The second-order valence-electron chi connectivity index (χ2n) is 7.67. The fraction of sp³-hybridized carbons (Fsp3) is 0.381. The SMILES string of the molecule is CN(Cc1ccccc1N1CCOCC1)Cc1nnnn1-c1ccc(S(C)(=O)=O)cc1. The molecule has 0 N–H and O–H groups in total. The summed E-state index contributed by atoms with van der Waals surface area (Å²) >= 11 is 0. The van der Waals surface area contributed by atoms with E-state index in [9.17, 15) is 8.42 Å². The molecule has 0 saturated carbocycles. The van der Waals surface area contributed by atoms with Gasteiger partial charge in [-0.1, -0.05) is 18.2 Å². The molecule has 4 rings (SSSR count). The molecule has 2 heterocycles. The molecule has 3 aromatic rings. The zero-order valence-corrected chi connectivity index (χ0v) is 18.5. The van der Waals surface area contributed by atoms with Crippen molar-refractivity contribution in [1.82, 2.24) is 25.1 Å². The van der Waals surface area contributed by atoms with Crippen molar-refractivity contribution in [3.05, 3.63) is 59.9 Å². The highest BCUT2D eigenvalue weighted by atomic mass is 32.2. The Kier molecular flexibility index (Phi) is 6.30. The van der Waals surface area contributed by atoms with Crippen molar-refractivity contribution in [3.63, 3.8) is 0 Å². The van der Waals surface area contributed by atoms with Crippen LogP contribution < -0.4 is 4.90 Å². The third-order valence-electron chi connectivity index (χ3n) is 5.24. The van der Waals surface area contributed by atoms with Crippen LogP contribution in [0.5, 0.6) is 0 Å². The number of sulfone groups is 1. The first-order valence-electron chi connectivity index (χ1n) is 10.1. The van der Waals surface area contributed by atoms with Crippen molar-refractivity contribution in [1.29, 1.82) is 0 Å². The van der Waals surface area contributed by atoms with Gasteiger partial charge in [0, 0.05) is 31.6 Å². The standard InChI is InChI=1S/C21H26N6O3S/c1-25(15-17-5-3-4-6-20(17)26-11-13-30-14-12-26)16-21-22-23-24-27(21)18-7-9-19(10-8-18)31(2,28)29/h3-10H,11-16H2,1-2H3. The molecule has 0 spiro atoms. The number of ether oxygens (including phenoxy) is 1. The predicted molar refractivity (Wildman–Crippen MR) is 117 cm³/mol. The van der Waals surface area contributed by atoms with Crippen LogP contribution in [0.15, 0.2) is 53.4 Å². The van der Waals surface area contributed by atoms with Crippen LogP contribution in [0, 0.1) is 0 Å². The fourth-order valence-electron chi connectivity index (χ4n) is 3.68. The summed E-state index contributed by atoms with van der Waals surface area (Å²) < 4.78 is 30.5. The molecule has 0 atom stereocenters. The number of aromatic nitrogens is 4. The van der Waals surface area contributed by atoms with E-state index in [0.717, 1.165) is 38.5 Å². The molecule has 1 aromatic heterocycles. The average molecular weight is 443 g/mol. The maximum atomic E-state index is 11.7. The molecule has 1 fully saturated rings. The molecule has 31 heavy (non-hydrogen) atoms. The molecule has 1 aliphatic rings. The second-order valence-corrected chi connectivity index (χ2v) is 9.69. The molecule has 0 bridgehead atoms. The minimum Gasteiger partial charge on any atom is -0.378 e. The van der Waals surface area contributed by atoms with Gasteiger partial charge in [-0.15, -0.1) is 5.10 Å². The van der Waals surface area contributed by atoms with Crippen LogP contribution in [-0.4, -0.2) is 73.1 Å². The highest BCUT2D eigenvalue weighted by Crippen LogP contribution is 2.23. The lowest BCUT2D eigenvalue weighted by molar-refractivity contribution is 0.122. The lowest BCUT2D eigenvalue weighted by Gasteiger charge is -2.31. The predicted octanol–water partition coefficient (Wildman–Crippen LogP) is 1.53. The van der Waals surface area contributed by atoms with Crippen LogP contribution in [0.1, 0.15) is 11.4 Å². The van der Waals surface area contributed by atoms with E-state index in [-0.39, 0.29) is 4.90 Å². The van der Waals surface area contributed by atoms with E-state index in [1.54, 1.807) is 28.9 Å². The molecular formula is C21H26N6O3S. The van der Waals surface area contributed by atoms with Crippen LogP contribution in [-0.2, 0) is 27.7 Å². The summed E-state index contributed by atoms with van der Waals surface area (Å²) in [5.74, 6) is 0.679. The van der Waals surface area contributed by atoms with Gasteiger partial charge in [0.1, 0.15) is 0 Å². The summed E-state index contributed by atoms with van der Waals surface area (Å²) in [6.45, 7) is 4.56. The number of rotatable bonds is 7. The molecule has 10 heteroatoms. The fourth-order valence-corrected chi connectivity index (χ4v) is 4.32. The van der Waals surface area contributed by atoms with Crippen molar-refractivity contribution in [2.45, 2.75) is 18.0 Å². The first kappa shape index (κ1) is 21.4. The first-order valence-corrected chi connectivity index (χ1v) is 12.0. The molecule has 2 aromatic carbocycles. The Bertz CT molecular complexity index is 1120. The van der Waals surface area contributed by atoms with E-state index in [1.807, 2.05) is 7.05 Å². The van der Waals surface area contributed by atoms with Gasteiger partial charge in [0.15, 0.2) is 15.7 Å². The number of tetrazole rings is 1. The molecule has 0 radical (unpaired) electrons. The van der Waals surface area contributed by atoms with E-state index in [0.29, 0.717) is 12.4 Å². The van der Waals surface area contributed by atoms with Gasteiger partial charge in [0.25, 0.3) is 0 Å². The van der Waals surface area contributed by atoms with Gasteiger partial charge in [-0.3, -0.25) is 4.90 Å². The summed E-state index contributed by atoms with van der Waals surface area (Å²) in [5.41, 5.74) is 3.19. The molecular weight excluding hydrogens is 416 g/mol. The molecule has 1 saturated heterocycles. The van der Waals surface area contributed by atoms with Crippen molar-refractivity contribution < 1.29 is 13.2 Å². The number of hydrogen-bond acceptors (Lipinski definition) is 8. The number of hydrogen-bond donors (Lipinski definition) is 0. The van der Waals surface area contributed by atoms with Crippen molar-refractivity contribution >= 4 is 15.5 Å². The van der Waals surface area contributed by atoms with Crippen molar-refractivity contribution in [2.75, 3.05) is 44.5 Å². The van der Waals surface area contributed by atoms with Crippen molar-refractivity contribution in [2.24, 2.45) is 0 Å². The molecule has 9 nitrogen and oxygen atoms in total. The molecule has 1 aliphatic heterocycles. The highest BCUT2D eigenvalue weighted by Gasteiger charge is 2.17. The summed E-state index contributed by atoms with van der Waals surface area (Å²) in [5, 5.41) is 12.1. The van der Waals surface area contributed by atoms with Crippen LogP contribution in [0.2, 0.25) is 0 Å². The minimum atomic E-state index is -3.25. The van der Waals surface area contributed by atoms with Crippen LogP contribution in [0.4, 0.5) is 5.69 Å². The third kappa shape index (κ3) is 5.09. The minimum absolute atomic E-state index is 0.266. The molecule has 0 unspecified atom stereocenters. The lowest BCUT2D eigenvalue weighted by atomic mass is 10.1. The van der Waals surface area contributed by atoms with Crippen LogP contribution in [0.3, 0.4) is 0 Å². The maximum Gasteiger partial charge on any atom is 0.175 e. The largest absolute Gasteiger partial charge is 0.378 e. The number of benzene rings is 2. The van der Waals surface area contributed by atoms with E-state index in [4.69, 9.17) is 4.74 Å². The summed E-state index contributed by atoms with van der Waals surface area (Å²) in [6.07, 6.45) is 1.19. The lowest BCUT2D eigenvalue weighted by Crippen LogP contribution is -2.37. The number of anilines is 1. The molecule has 0 amide bonds. The Morgan fingerprint density at radius 1 is 1.03 bits per heavy atom. The van der Waals surface area contributed by atoms with E-state index in [1.165, 1.54) is 17.5 Å². The summed E-state index contributed by atoms with van der Waals surface area (Å²) in [4.78, 5) is 4.79. The number of nitrogens with zero attached hydrogens (tertiary/aromatic N) is 6. The van der Waals surface area contributed by atoms with Gasteiger partial charge in [0.2, 0.25) is 0 Å². The Hall–Kier alpha value is -2.82. The Labute approximate surface area is 182 Å². The highest BCUT2D eigenvalue weighted by molar-refractivity contribution is 7.90. The zero-order chi connectivity index (χ0) is 21.8. The Morgan fingerprint density at radius 3 is 2.45 bits per heavy atom. The van der Waals surface area contributed by atoms with Crippen molar-refractivity contribution in [3.8, 4) is 5.69 Å². The monoisotopic (exact) mass is 442 g/mol. The quantitative estimate of drug-likeness (QED) is 0.544. The van der Waals surface area contributed by atoms with Gasteiger partial charge in [-0.2, -0.15) is 4.68 Å². The van der Waals surface area contributed by atoms with Gasteiger partial charge in [-0.25, -0.2) is 8.42 Å². The molecule has 164 valence electrons. The third-order valence-corrected chi connectivity index (χ3v) is 6.37. The number of morpholine rings is 1. The van der Waals surface area contributed by atoms with Crippen LogP contribution >= 0.6 is 0 Å². The summed E-state index contributed by atoms with van der Waals surface area (Å²) in [6, 6.07) is 15.0. The van der Waals surface area contributed by atoms with Crippen LogP contribution in [0.25, 0.3) is 5.69 Å².